The van der Waals surface area contributed by atoms with Gasteiger partial charge in [0.15, 0.2) is 0 Å². The third kappa shape index (κ3) is 3.57. The zero-order valence-corrected chi connectivity index (χ0v) is 15.0. The van der Waals surface area contributed by atoms with E-state index in [0.29, 0.717) is 30.6 Å². The van der Waals surface area contributed by atoms with Crippen molar-refractivity contribution in [2.45, 2.75) is 12.0 Å². The Balaban J connectivity index is 2.00. The molecule has 2 aromatic rings. The SMILES string of the molecule is COC(=O)[C@](O)(c1ccccc1)c1cccc(C2=CCN(C(=O)O)CC2)c1. The van der Waals surface area contributed by atoms with Crippen LogP contribution in [0.3, 0.4) is 0 Å². The average molecular weight is 367 g/mol. The molecule has 0 saturated heterocycles. The number of hydrogen-bond acceptors (Lipinski definition) is 4. The predicted molar refractivity (Wildman–Crippen MR) is 100 cm³/mol. The standard InChI is InChI=1S/C21H21NO5/c1-27-19(23)21(26,17-7-3-2-4-8-17)18-9-5-6-16(14-18)15-10-12-22(13-11-15)20(24)25/h2-10,14,26H,11-13H2,1H3,(H,24,25)/t21-/m0/s1. The van der Waals surface area contributed by atoms with E-state index in [9.17, 15) is 14.7 Å². The van der Waals surface area contributed by atoms with Crippen molar-refractivity contribution in [3.63, 3.8) is 0 Å². The summed E-state index contributed by atoms with van der Waals surface area (Å²) in [5, 5.41) is 20.4. The van der Waals surface area contributed by atoms with Crippen molar-refractivity contribution in [1.29, 1.82) is 0 Å². The maximum absolute atomic E-state index is 12.5. The minimum absolute atomic E-state index is 0.314. The van der Waals surface area contributed by atoms with Gasteiger partial charge in [0.05, 0.1) is 7.11 Å². The number of nitrogens with zero attached hydrogens (tertiary/aromatic N) is 1. The molecular weight excluding hydrogens is 346 g/mol. The molecule has 1 atom stereocenters. The van der Waals surface area contributed by atoms with Gasteiger partial charge in [0, 0.05) is 18.7 Å². The fourth-order valence-electron chi connectivity index (χ4n) is 3.28. The lowest BCUT2D eigenvalue weighted by atomic mass is 9.84. The summed E-state index contributed by atoms with van der Waals surface area (Å²) >= 11 is 0. The number of carboxylic acid groups (broad SMARTS) is 1. The van der Waals surface area contributed by atoms with E-state index in [-0.39, 0.29) is 0 Å². The Morgan fingerprint density at radius 2 is 1.78 bits per heavy atom. The first-order valence-corrected chi connectivity index (χ1v) is 8.61. The van der Waals surface area contributed by atoms with Crippen molar-refractivity contribution in [2.24, 2.45) is 0 Å². The van der Waals surface area contributed by atoms with Crippen LogP contribution in [0.25, 0.3) is 5.57 Å². The van der Waals surface area contributed by atoms with Gasteiger partial charge in [-0.3, -0.25) is 0 Å². The molecule has 6 nitrogen and oxygen atoms in total. The molecule has 0 unspecified atom stereocenters. The molecule has 27 heavy (non-hydrogen) atoms. The van der Waals surface area contributed by atoms with Crippen LogP contribution in [0.2, 0.25) is 0 Å². The average Bonchev–Trinajstić information content (AvgIpc) is 2.73. The minimum Gasteiger partial charge on any atom is -0.466 e. The molecular formula is C21H21NO5. The molecule has 0 saturated carbocycles. The fraction of sp³-hybridized carbons (Fsp3) is 0.238. The van der Waals surface area contributed by atoms with Crippen LogP contribution < -0.4 is 0 Å². The lowest BCUT2D eigenvalue weighted by Crippen LogP contribution is -2.38. The summed E-state index contributed by atoms with van der Waals surface area (Å²) in [6.45, 7) is 0.722. The second-order valence-electron chi connectivity index (χ2n) is 6.36. The lowest BCUT2D eigenvalue weighted by Gasteiger charge is -2.28. The van der Waals surface area contributed by atoms with Crippen LogP contribution in [0.4, 0.5) is 4.79 Å². The van der Waals surface area contributed by atoms with Crippen molar-refractivity contribution in [2.75, 3.05) is 20.2 Å². The number of carbonyl (C=O) groups is 2. The molecule has 2 aromatic carbocycles. The molecule has 3 rings (SSSR count). The molecule has 0 radical (unpaired) electrons. The number of carbonyl (C=O) groups excluding carboxylic acids is 1. The minimum atomic E-state index is -1.92. The molecule has 1 amide bonds. The Hall–Kier alpha value is -3.12. The smallest absolute Gasteiger partial charge is 0.407 e. The van der Waals surface area contributed by atoms with Crippen molar-refractivity contribution in [1.82, 2.24) is 4.90 Å². The number of aliphatic hydroxyl groups is 1. The van der Waals surface area contributed by atoms with E-state index >= 15 is 0 Å². The number of ether oxygens (including phenoxy) is 1. The summed E-state index contributed by atoms with van der Waals surface area (Å²) in [6, 6.07) is 15.7. The van der Waals surface area contributed by atoms with Crippen LogP contribution in [0.5, 0.6) is 0 Å². The van der Waals surface area contributed by atoms with Gasteiger partial charge in [-0.05, 0) is 29.2 Å². The van der Waals surface area contributed by atoms with E-state index in [0.717, 1.165) is 11.1 Å². The molecule has 6 heteroatoms. The molecule has 140 valence electrons. The quantitative estimate of drug-likeness (QED) is 0.812. The first-order chi connectivity index (χ1) is 13.0. The molecule has 0 aromatic heterocycles. The maximum atomic E-state index is 12.5. The molecule has 1 aliphatic rings. The van der Waals surface area contributed by atoms with Gasteiger partial charge in [-0.15, -0.1) is 0 Å². The van der Waals surface area contributed by atoms with Crippen LogP contribution in [0.15, 0.2) is 60.7 Å². The van der Waals surface area contributed by atoms with Gasteiger partial charge in [0.2, 0.25) is 5.60 Å². The Labute approximate surface area is 157 Å². The number of amides is 1. The lowest BCUT2D eigenvalue weighted by molar-refractivity contribution is -0.158. The van der Waals surface area contributed by atoms with Crippen LogP contribution in [-0.2, 0) is 15.1 Å². The largest absolute Gasteiger partial charge is 0.466 e. The van der Waals surface area contributed by atoms with E-state index in [1.165, 1.54) is 12.0 Å². The Morgan fingerprint density at radius 1 is 1.07 bits per heavy atom. The topological polar surface area (TPSA) is 87.1 Å². The Bertz CT molecular complexity index is 877. The van der Waals surface area contributed by atoms with Gasteiger partial charge in [-0.1, -0.05) is 54.6 Å². The number of benzene rings is 2. The highest BCUT2D eigenvalue weighted by molar-refractivity contribution is 5.86. The summed E-state index contributed by atoms with van der Waals surface area (Å²) in [4.78, 5) is 24.9. The predicted octanol–water partition coefficient (Wildman–Crippen LogP) is 2.86. The number of rotatable bonds is 4. The summed E-state index contributed by atoms with van der Waals surface area (Å²) in [7, 11) is 1.24. The highest BCUT2D eigenvalue weighted by Crippen LogP contribution is 2.33. The molecule has 0 fully saturated rings. The second kappa shape index (κ2) is 7.63. The van der Waals surface area contributed by atoms with Crippen LogP contribution in [-0.4, -0.2) is 47.4 Å². The van der Waals surface area contributed by atoms with Crippen molar-refractivity contribution < 1.29 is 24.5 Å². The van der Waals surface area contributed by atoms with Gasteiger partial charge < -0.3 is 19.8 Å². The first-order valence-electron chi connectivity index (χ1n) is 8.61. The molecule has 2 N–H and O–H groups in total. The monoisotopic (exact) mass is 367 g/mol. The summed E-state index contributed by atoms with van der Waals surface area (Å²) in [5.74, 6) is -0.763. The van der Waals surface area contributed by atoms with Gasteiger partial charge in [0.25, 0.3) is 0 Å². The molecule has 1 heterocycles. The van der Waals surface area contributed by atoms with Gasteiger partial charge >= 0.3 is 12.1 Å². The molecule has 0 spiro atoms. The van der Waals surface area contributed by atoms with Gasteiger partial charge in [-0.2, -0.15) is 0 Å². The normalized spacial score (nSPS) is 16.2. The van der Waals surface area contributed by atoms with Crippen LogP contribution in [0, 0.1) is 0 Å². The molecule has 1 aliphatic heterocycles. The zero-order chi connectivity index (χ0) is 19.4. The van der Waals surface area contributed by atoms with Crippen molar-refractivity contribution >= 4 is 17.6 Å². The van der Waals surface area contributed by atoms with E-state index < -0.39 is 17.7 Å². The van der Waals surface area contributed by atoms with E-state index in [1.54, 1.807) is 48.5 Å². The third-order valence-electron chi connectivity index (χ3n) is 4.80. The van der Waals surface area contributed by atoms with Crippen LogP contribution >= 0.6 is 0 Å². The van der Waals surface area contributed by atoms with Crippen LogP contribution in [0.1, 0.15) is 23.1 Å². The first kappa shape index (κ1) is 18.7. The maximum Gasteiger partial charge on any atom is 0.407 e. The van der Waals surface area contributed by atoms with Crippen molar-refractivity contribution in [3.8, 4) is 0 Å². The summed E-state index contributed by atoms with van der Waals surface area (Å²) in [5.41, 5.74) is 0.725. The Morgan fingerprint density at radius 3 is 2.37 bits per heavy atom. The van der Waals surface area contributed by atoms with Gasteiger partial charge in [-0.25, -0.2) is 9.59 Å². The fourth-order valence-corrected chi connectivity index (χ4v) is 3.28. The van der Waals surface area contributed by atoms with Gasteiger partial charge in [0.1, 0.15) is 0 Å². The number of methoxy groups -OCH3 is 1. The summed E-state index contributed by atoms with van der Waals surface area (Å²) in [6.07, 6.45) is 1.48. The summed E-state index contributed by atoms with van der Waals surface area (Å²) < 4.78 is 4.87. The van der Waals surface area contributed by atoms with Crippen molar-refractivity contribution in [3.05, 3.63) is 77.4 Å². The van der Waals surface area contributed by atoms with E-state index in [1.807, 2.05) is 12.1 Å². The zero-order valence-electron chi connectivity index (χ0n) is 15.0. The second-order valence-corrected chi connectivity index (χ2v) is 6.36. The molecule has 0 bridgehead atoms. The highest BCUT2D eigenvalue weighted by Gasteiger charge is 2.41. The highest BCUT2D eigenvalue weighted by atomic mass is 16.5. The van der Waals surface area contributed by atoms with E-state index in [2.05, 4.69) is 0 Å². The number of hydrogen-bond donors (Lipinski definition) is 2. The Kier molecular flexibility index (Phi) is 5.28. The molecule has 0 aliphatic carbocycles. The van der Waals surface area contributed by atoms with E-state index in [4.69, 9.17) is 9.84 Å². The number of esters is 1. The third-order valence-corrected chi connectivity index (χ3v) is 4.80.